The van der Waals surface area contributed by atoms with Crippen molar-refractivity contribution in [3.63, 3.8) is 0 Å². The smallest absolute Gasteiger partial charge is 0.210 e. The fourth-order valence-electron chi connectivity index (χ4n) is 1.82. The van der Waals surface area contributed by atoms with Crippen LogP contribution in [-0.2, 0) is 15.8 Å². The van der Waals surface area contributed by atoms with E-state index in [0.29, 0.717) is 21.6 Å². The highest BCUT2D eigenvalue weighted by Crippen LogP contribution is 2.28. The molecule has 1 N–H and O–H groups in total. The number of thioether (sulfide) groups is 1. The van der Waals surface area contributed by atoms with Crippen molar-refractivity contribution in [3.05, 3.63) is 62.8 Å². The molecule has 0 radical (unpaired) electrons. The van der Waals surface area contributed by atoms with Crippen LogP contribution in [0, 0.1) is 5.82 Å². The maximum absolute atomic E-state index is 13.1. The summed E-state index contributed by atoms with van der Waals surface area (Å²) < 4.78 is 39.7. The fraction of sp³-hybridized carbons (Fsp3) is 0.200. The molecule has 0 fully saturated rings. The average molecular weight is 429 g/mol. The van der Waals surface area contributed by atoms with Crippen LogP contribution in [0.5, 0.6) is 0 Å². The number of rotatable bonds is 7. The molecule has 3 nitrogen and oxygen atoms in total. The lowest BCUT2D eigenvalue weighted by Gasteiger charge is -2.09. The highest BCUT2D eigenvalue weighted by molar-refractivity contribution is 7.98. The van der Waals surface area contributed by atoms with Crippen LogP contribution in [0.3, 0.4) is 0 Å². The van der Waals surface area contributed by atoms with E-state index in [-0.39, 0.29) is 16.5 Å². The number of halogens is 4. The van der Waals surface area contributed by atoms with Gasteiger partial charge in [-0.1, -0.05) is 40.9 Å². The third-order valence-corrected chi connectivity index (χ3v) is 6.49. The maximum atomic E-state index is 13.1. The zero-order chi connectivity index (χ0) is 17.7. The quantitative estimate of drug-likeness (QED) is 0.631. The van der Waals surface area contributed by atoms with Crippen LogP contribution in [0.1, 0.15) is 5.56 Å². The lowest BCUT2D eigenvalue weighted by atomic mass is 10.2. The van der Waals surface area contributed by atoms with E-state index >= 15 is 0 Å². The lowest BCUT2D eigenvalue weighted by Crippen LogP contribution is -2.26. The van der Waals surface area contributed by atoms with E-state index in [1.807, 2.05) is 0 Å². The standard InChI is InChI=1S/C15H13Cl3FNO2S2/c16-12-2-1-3-13(17)11(12)9-23-7-6-20-24(21,22)10-4-5-15(19)14(18)8-10/h1-5,8,20H,6-7,9H2. The van der Waals surface area contributed by atoms with Crippen molar-refractivity contribution < 1.29 is 12.8 Å². The van der Waals surface area contributed by atoms with Gasteiger partial charge in [-0.2, -0.15) is 11.8 Å². The van der Waals surface area contributed by atoms with Crippen molar-refractivity contribution in [2.75, 3.05) is 12.3 Å². The molecule has 24 heavy (non-hydrogen) atoms. The molecular weight excluding hydrogens is 416 g/mol. The molecule has 0 atom stereocenters. The summed E-state index contributed by atoms with van der Waals surface area (Å²) in [5.41, 5.74) is 0.819. The number of hydrogen-bond donors (Lipinski definition) is 1. The summed E-state index contributed by atoms with van der Waals surface area (Å²) in [5, 5.41) is 0.925. The van der Waals surface area contributed by atoms with Crippen molar-refractivity contribution in [3.8, 4) is 0 Å². The molecule has 9 heteroatoms. The predicted octanol–water partition coefficient (Wildman–Crippen LogP) is 5.00. The number of sulfonamides is 1. The third-order valence-electron chi connectivity index (χ3n) is 3.05. The number of benzene rings is 2. The molecule has 0 aliphatic heterocycles. The topological polar surface area (TPSA) is 46.2 Å². The van der Waals surface area contributed by atoms with E-state index in [2.05, 4.69) is 4.72 Å². The van der Waals surface area contributed by atoms with Gasteiger partial charge in [-0.05, 0) is 35.9 Å². The van der Waals surface area contributed by atoms with E-state index in [0.717, 1.165) is 17.7 Å². The Bertz CT molecular complexity index is 811. The molecule has 0 saturated carbocycles. The first-order valence-corrected chi connectivity index (χ1v) is 10.5. The Balaban J connectivity index is 1.86. The van der Waals surface area contributed by atoms with Gasteiger partial charge in [0, 0.05) is 28.1 Å². The van der Waals surface area contributed by atoms with Crippen molar-refractivity contribution in [2.45, 2.75) is 10.6 Å². The third kappa shape index (κ3) is 5.25. The summed E-state index contributed by atoms with van der Waals surface area (Å²) in [4.78, 5) is -0.0759. The first-order chi connectivity index (χ1) is 11.3. The van der Waals surface area contributed by atoms with Gasteiger partial charge in [0.15, 0.2) is 0 Å². The van der Waals surface area contributed by atoms with Crippen LogP contribution >= 0.6 is 46.6 Å². The molecule has 0 spiro atoms. The number of nitrogens with one attached hydrogen (secondary N) is 1. The molecule has 0 aliphatic rings. The minimum absolute atomic E-state index is 0.0759. The van der Waals surface area contributed by atoms with Gasteiger partial charge in [0.25, 0.3) is 0 Å². The summed E-state index contributed by atoms with van der Waals surface area (Å²) >= 11 is 19.2. The van der Waals surface area contributed by atoms with Crippen LogP contribution in [-0.4, -0.2) is 20.7 Å². The SMILES string of the molecule is O=S(=O)(NCCSCc1c(Cl)cccc1Cl)c1ccc(F)c(Cl)c1. The normalized spacial score (nSPS) is 11.7. The van der Waals surface area contributed by atoms with Crippen molar-refractivity contribution in [1.29, 1.82) is 0 Å². The molecule has 2 aromatic carbocycles. The minimum atomic E-state index is -3.73. The summed E-state index contributed by atoms with van der Waals surface area (Å²) in [7, 11) is -3.73. The van der Waals surface area contributed by atoms with Gasteiger partial charge in [-0.3, -0.25) is 0 Å². The summed E-state index contributed by atoms with van der Waals surface area (Å²) in [6.07, 6.45) is 0. The molecule has 0 heterocycles. The largest absolute Gasteiger partial charge is 0.240 e. The second-order valence-corrected chi connectivity index (χ2v) is 8.82. The summed E-state index contributed by atoms with van der Waals surface area (Å²) in [6.45, 7) is 0.212. The van der Waals surface area contributed by atoms with Crippen LogP contribution < -0.4 is 4.72 Å². The van der Waals surface area contributed by atoms with Crippen molar-refractivity contribution in [2.24, 2.45) is 0 Å². The Morgan fingerprint density at radius 3 is 2.33 bits per heavy atom. The van der Waals surface area contributed by atoms with E-state index in [1.54, 1.807) is 18.2 Å². The molecule has 0 unspecified atom stereocenters. The molecule has 0 saturated heterocycles. The van der Waals surface area contributed by atoms with Crippen LogP contribution in [0.2, 0.25) is 15.1 Å². The van der Waals surface area contributed by atoms with Crippen LogP contribution in [0.4, 0.5) is 4.39 Å². The second-order valence-electron chi connectivity index (χ2n) is 4.73. The van der Waals surface area contributed by atoms with Crippen LogP contribution in [0.25, 0.3) is 0 Å². The fourth-order valence-corrected chi connectivity index (χ4v) is 4.85. The Morgan fingerprint density at radius 1 is 1.04 bits per heavy atom. The zero-order valence-electron chi connectivity index (χ0n) is 12.2. The van der Waals surface area contributed by atoms with E-state index in [4.69, 9.17) is 34.8 Å². The van der Waals surface area contributed by atoms with Gasteiger partial charge in [0.1, 0.15) is 5.82 Å². The predicted molar refractivity (Wildman–Crippen MR) is 99.2 cm³/mol. The van der Waals surface area contributed by atoms with Gasteiger partial charge in [-0.15, -0.1) is 0 Å². The first-order valence-electron chi connectivity index (χ1n) is 6.76. The minimum Gasteiger partial charge on any atom is -0.210 e. The number of hydrogen-bond acceptors (Lipinski definition) is 3. The highest BCUT2D eigenvalue weighted by Gasteiger charge is 2.15. The van der Waals surface area contributed by atoms with E-state index < -0.39 is 15.8 Å². The van der Waals surface area contributed by atoms with Gasteiger partial charge in [-0.25, -0.2) is 17.5 Å². The molecule has 0 aromatic heterocycles. The Labute approximate surface area is 159 Å². The maximum Gasteiger partial charge on any atom is 0.240 e. The summed E-state index contributed by atoms with van der Waals surface area (Å²) in [5.74, 6) is 0.431. The Hall–Kier alpha value is -0.500. The van der Waals surface area contributed by atoms with Gasteiger partial charge >= 0.3 is 0 Å². The second kappa shape index (κ2) is 8.74. The molecule has 0 bridgehead atoms. The Kier molecular flexibility index (Phi) is 7.22. The van der Waals surface area contributed by atoms with Gasteiger partial charge in [0.05, 0.1) is 9.92 Å². The summed E-state index contributed by atoms with van der Waals surface area (Å²) in [6, 6.07) is 8.54. The van der Waals surface area contributed by atoms with E-state index in [1.165, 1.54) is 17.8 Å². The molecule has 2 aromatic rings. The van der Waals surface area contributed by atoms with Crippen LogP contribution in [0.15, 0.2) is 41.3 Å². The monoisotopic (exact) mass is 427 g/mol. The molecule has 0 amide bonds. The molecule has 0 aliphatic carbocycles. The van der Waals surface area contributed by atoms with Gasteiger partial charge < -0.3 is 0 Å². The molecule has 130 valence electrons. The average Bonchev–Trinajstić information content (AvgIpc) is 2.52. The van der Waals surface area contributed by atoms with Crippen molar-refractivity contribution in [1.82, 2.24) is 4.72 Å². The first kappa shape index (κ1) is 19.8. The van der Waals surface area contributed by atoms with E-state index in [9.17, 15) is 12.8 Å². The zero-order valence-corrected chi connectivity index (χ0v) is 16.1. The molecular formula is C15H13Cl3FNO2S2. The van der Waals surface area contributed by atoms with Crippen molar-refractivity contribution >= 4 is 56.6 Å². The Morgan fingerprint density at radius 2 is 1.71 bits per heavy atom. The lowest BCUT2D eigenvalue weighted by molar-refractivity contribution is 0.583. The highest BCUT2D eigenvalue weighted by atomic mass is 35.5. The van der Waals surface area contributed by atoms with Gasteiger partial charge in [0.2, 0.25) is 10.0 Å². The molecule has 2 rings (SSSR count).